The normalized spacial score (nSPS) is 28.4. The summed E-state index contributed by atoms with van der Waals surface area (Å²) >= 11 is 0. The van der Waals surface area contributed by atoms with Gasteiger partial charge in [0.05, 0.1) is 5.60 Å². The molecule has 2 atom stereocenters. The Balaban J connectivity index is 1.77. The van der Waals surface area contributed by atoms with E-state index < -0.39 is 0 Å². The third-order valence-electron chi connectivity index (χ3n) is 4.91. The summed E-state index contributed by atoms with van der Waals surface area (Å²) in [6.07, 6.45) is 8.65. The Morgan fingerprint density at radius 2 is 2.00 bits per heavy atom. The molecule has 0 aromatic carbocycles. The molecule has 0 aromatic heterocycles. The standard InChI is InChI=1S/C16H31NO2/c1-3-15(17-4-2)6-5-14-7-10-19-16(13-14)8-11-18-12-9-16/h14-15,17H,3-13H2,1-2H3. The van der Waals surface area contributed by atoms with Gasteiger partial charge in [0.1, 0.15) is 0 Å². The zero-order valence-corrected chi connectivity index (χ0v) is 12.7. The number of hydrogen-bond acceptors (Lipinski definition) is 3. The topological polar surface area (TPSA) is 30.5 Å². The molecule has 2 heterocycles. The fourth-order valence-corrected chi connectivity index (χ4v) is 3.64. The fraction of sp³-hybridized carbons (Fsp3) is 1.00. The molecule has 3 nitrogen and oxygen atoms in total. The molecule has 2 unspecified atom stereocenters. The molecule has 0 amide bonds. The van der Waals surface area contributed by atoms with Crippen LogP contribution in [0.1, 0.15) is 58.8 Å². The maximum absolute atomic E-state index is 6.12. The molecule has 112 valence electrons. The first kappa shape index (κ1) is 15.3. The molecule has 1 spiro atoms. The molecule has 0 aromatic rings. The van der Waals surface area contributed by atoms with E-state index in [2.05, 4.69) is 19.2 Å². The molecule has 2 aliphatic rings. The lowest BCUT2D eigenvalue weighted by molar-refractivity contribution is -0.147. The minimum absolute atomic E-state index is 0.168. The van der Waals surface area contributed by atoms with Gasteiger partial charge in [-0.1, -0.05) is 13.8 Å². The van der Waals surface area contributed by atoms with Gasteiger partial charge in [0, 0.05) is 25.9 Å². The van der Waals surface area contributed by atoms with E-state index in [0.717, 1.165) is 45.1 Å². The van der Waals surface area contributed by atoms with Gasteiger partial charge in [0.25, 0.3) is 0 Å². The summed E-state index contributed by atoms with van der Waals surface area (Å²) < 4.78 is 11.6. The molecule has 2 fully saturated rings. The summed E-state index contributed by atoms with van der Waals surface area (Å²) in [4.78, 5) is 0. The van der Waals surface area contributed by atoms with E-state index >= 15 is 0 Å². The van der Waals surface area contributed by atoms with Crippen LogP contribution in [-0.2, 0) is 9.47 Å². The Kier molecular flexibility index (Phi) is 6.11. The van der Waals surface area contributed by atoms with E-state index in [0.29, 0.717) is 6.04 Å². The van der Waals surface area contributed by atoms with Crippen LogP contribution < -0.4 is 5.32 Å². The first-order valence-corrected chi connectivity index (χ1v) is 8.23. The predicted molar refractivity (Wildman–Crippen MR) is 78.4 cm³/mol. The molecule has 2 rings (SSSR count). The van der Waals surface area contributed by atoms with Crippen molar-refractivity contribution in [3.8, 4) is 0 Å². The van der Waals surface area contributed by atoms with E-state index in [4.69, 9.17) is 9.47 Å². The second kappa shape index (κ2) is 7.61. The van der Waals surface area contributed by atoms with Gasteiger partial charge < -0.3 is 14.8 Å². The summed E-state index contributed by atoms with van der Waals surface area (Å²) in [5.41, 5.74) is 0.168. The Bertz CT molecular complexity index is 246. The van der Waals surface area contributed by atoms with E-state index in [1.165, 1.54) is 32.1 Å². The van der Waals surface area contributed by atoms with E-state index in [9.17, 15) is 0 Å². The number of hydrogen-bond donors (Lipinski definition) is 1. The highest BCUT2D eigenvalue weighted by Crippen LogP contribution is 2.38. The monoisotopic (exact) mass is 269 g/mol. The Labute approximate surface area is 118 Å². The maximum Gasteiger partial charge on any atom is 0.0729 e. The van der Waals surface area contributed by atoms with Crippen LogP contribution in [0.5, 0.6) is 0 Å². The molecule has 3 heteroatoms. The first-order chi connectivity index (χ1) is 9.28. The molecule has 1 N–H and O–H groups in total. The largest absolute Gasteiger partial charge is 0.381 e. The SMILES string of the molecule is CCNC(CC)CCC1CCOC2(CCOCC2)C1. The maximum atomic E-state index is 6.12. The summed E-state index contributed by atoms with van der Waals surface area (Å²) in [5, 5.41) is 3.59. The number of nitrogens with one attached hydrogen (secondary N) is 1. The summed E-state index contributed by atoms with van der Waals surface area (Å²) in [6, 6.07) is 0.707. The van der Waals surface area contributed by atoms with Crippen LogP contribution in [0.4, 0.5) is 0 Å². The molecule has 0 bridgehead atoms. The lowest BCUT2D eigenvalue weighted by Gasteiger charge is -2.43. The van der Waals surface area contributed by atoms with Gasteiger partial charge in [-0.25, -0.2) is 0 Å². The third kappa shape index (κ3) is 4.44. The van der Waals surface area contributed by atoms with Crippen LogP contribution in [-0.4, -0.2) is 38.0 Å². The van der Waals surface area contributed by atoms with E-state index in [1.54, 1.807) is 0 Å². The number of ether oxygens (including phenoxy) is 2. The van der Waals surface area contributed by atoms with Gasteiger partial charge in [-0.2, -0.15) is 0 Å². The van der Waals surface area contributed by atoms with Crippen LogP contribution in [0.2, 0.25) is 0 Å². The summed E-state index contributed by atoms with van der Waals surface area (Å²) in [5.74, 6) is 0.861. The highest BCUT2D eigenvalue weighted by Gasteiger charge is 2.38. The Morgan fingerprint density at radius 3 is 2.68 bits per heavy atom. The molecular weight excluding hydrogens is 238 g/mol. The van der Waals surface area contributed by atoms with Crippen molar-refractivity contribution in [1.29, 1.82) is 0 Å². The molecular formula is C16H31NO2. The lowest BCUT2D eigenvalue weighted by atomic mass is 9.78. The minimum Gasteiger partial charge on any atom is -0.381 e. The smallest absolute Gasteiger partial charge is 0.0729 e. The third-order valence-corrected chi connectivity index (χ3v) is 4.91. The van der Waals surface area contributed by atoms with Crippen molar-refractivity contribution in [2.24, 2.45) is 5.92 Å². The second-order valence-electron chi connectivity index (χ2n) is 6.24. The van der Waals surface area contributed by atoms with Crippen LogP contribution in [0.3, 0.4) is 0 Å². The van der Waals surface area contributed by atoms with Gasteiger partial charge >= 0.3 is 0 Å². The van der Waals surface area contributed by atoms with Crippen molar-refractivity contribution in [2.45, 2.75) is 70.4 Å². The van der Waals surface area contributed by atoms with Gasteiger partial charge in [0.2, 0.25) is 0 Å². The summed E-state index contributed by atoms with van der Waals surface area (Å²) in [7, 11) is 0. The molecule has 2 aliphatic heterocycles. The summed E-state index contributed by atoms with van der Waals surface area (Å²) in [6.45, 7) is 8.32. The average Bonchev–Trinajstić information content (AvgIpc) is 2.44. The fourth-order valence-electron chi connectivity index (χ4n) is 3.64. The van der Waals surface area contributed by atoms with Gasteiger partial charge in [0.15, 0.2) is 0 Å². The zero-order valence-electron chi connectivity index (χ0n) is 12.7. The molecule has 19 heavy (non-hydrogen) atoms. The Hall–Kier alpha value is -0.120. The number of rotatable bonds is 6. The van der Waals surface area contributed by atoms with Gasteiger partial charge in [-0.05, 0) is 57.4 Å². The highest BCUT2D eigenvalue weighted by atomic mass is 16.5. The van der Waals surface area contributed by atoms with Crippen molar-refractivity contribution in [2.75, 3.05) is 26.4 Å². The van der Waals surface area contributed by atoms with Gasteiger partial charge in [-0.15, -0.1) is 0 Å². The van der Waals surface area contributed by atoms with Crippen molar-refractivity contribution in [3.05, 3.63) is 0 Å². The van der Waals surface area contributed by atoms with Crippen molar-refractivity contribution < 1.29 is 9.47 Å². The van der Waals surface area contributed by atoms with Gasteiger partial charge in [-0.3, -0.25) is 0 Å². The molecule has 0 radical (unpaired) electrons. The van der Waals surface area contributed by atoms with Crippen molar-refractivity contribution in [1.82, 2.24) is 5.32 Å². The quantitative estimate of drug-likeness (QED) is 0.803. The first-order valence-electron chi connectivity index (χ1n) is 8.23. The molecule has 0 aliphatic carbocycles. The predicted octanol–water partition coefficient (Wildman–Crippen LogP) is 3.13. The molecule has 2 saturated heterocycles. The van der Waals surface area contributed by atoms with Crippen LogP contribution in [0.15, 0.2) is 0 Å². The zero-order chi connectivity index (χ0) is 13.6. The van der Waals surface area contributed by atoms with Crippen LogP contribution in [0.25, 0.3) is 0 Å². The molecule has 0 saturated carbocycles. The average molecular weight is 269 g/mol. The van der Waals surface area contributed by atoms with E-state index in [1.807, 2.05) is 0 Å². The van der Waals surface area contributed by atoms with Crippen LogP contribution >= 0.6 is 0 Å². The Morgan fingerprint density at radius 1 is 1.21 bits per heavy atom. The van der Waals surface area contributed by atoms with Crippen molar-refractivity contribution in [3.63, 3.8) is 0 Å². The second-order valence-corrected chi connectivity index (χ2v) is 6.24. The van der Waals surface area contributed by atoms with E-state index in [-0.39, 0.29) is 5.60 Å². The highest BCUT2D eigenvalue weighted by molar-refractivity contribution is 4.89. The lowest BCUT2D eigenvalue weighted by Crippen LogP contribution is -2.44. The minimum atomic E-state index is 0.168. The van der Waals surface area contributed by atoms with Crippen molar-refractivity contribution >= 4 is 0 Å². The van der Waals surface area contributed by atoms with Crippen LogP contribution in [0, 0.1) is 5.92 Å².